The highest BCUT2D eigenvalue weighted by atomic mass is 35.5. The average Bonchev–Trinajstić information content (AvgIpc) is 2.71. The van der Waals surface area contributed by atoms with Crippen LogP contribution in [0, 0.1) is 6.92 Å². The van der Waals surface area contributed by atoms with E-state index in [-0.39, 0.29) is 10.8 Å². The monoisotopic (exact) mass is 320 g/mol. The minimum absolute atomic E-state index is 0.0617. The van der Waals surface area contributed by atoms with Crippen molar-refractivity contribution in [3.63, 3.8) is 0 Å². The quantitative estimate of drug-likeness (QED) is 0.590. The molecule has 0 unspecified atom stereocenters. The van der Waals surface area contributed by atoms with Crippen LogP contribution in [-0.4, -0.2) is 19.6 Å². The molecule has 0 saturated carbocycles. The number of aryl methyl sites for hydroxylation is 1. The maximum absolute atomic E-state index is 12.8. The summed E-state index contributed by atoms with van der Waals surface area (Å²) in [4.78, 5) is 8.02. The summed E-state index contributed by atoms with van der Waals surface area (Å²) in [5.74, 6) is 0.428. The van der Waals surface area contributed by atoms with E-state index < -0.39 is 16.8 Å². The number of benzene rings is 1. The lowest BCUT2D eigenvalue weighted by atomic mass is 10.1. The smallest absolute Gasteiger partial charge is 0.218 e. The van der Waals surface area contributed by atoms with Crippen LogP contribution in [0.25, 0.3) is 16.6 Å². The summed E-state index contributed by atoms with van der Waals surface area (Å²) >= 11 is 11.6. The molecular weight excluding hydrogens is 316 g/mol. The molecule has 2 heterocycles. The molecule has 0 amide bonds. The lowest BCUT2D eigenvalue weighted by molar-refractivity contribution is -0.137. The molecule has 0 radical (unpaired) electrons. The third-order valence-electron chi connectivity index (χ3n) is 2.73. The van der Waals surface area contributed by atoms with Gasteiger partial charge in [-0.15, -0.1) is 5.10 Å². The summed E-state index contributed by atoms with van der Waals surface area (Å²) in [6.45, 7) is 1.64. The molecule has 9 heteroatoms. The average molecular weight is 321 g/mol. The highest BCUT2D eigenvalue weighted by Gasteiger charge is 2.34. The Morgan fingerprint density at radius 1 is 1.15 bits per heavy atom. The number of alkyl halides is 3. The van der Waals surface area contributed by atoms with Crippen molar-refractivity contribution in [1.29, 1.82) is 0 Å². The van der Waals surface area contributed by atoms with E-state index in [9.17, 15) is 13.2 Å². The molecule has 4 nitrogen and oxygen atoms in total. The normalized spacial score (nSPS) is 12.5. The van der Waals surface area contributed by atoms with Crippen LogP contribution in [0.2, 0.25) is 10.3 Å². The van der Waals surface area contributed by atoms with Gasteiger partial charge in [-0.2, -0.15) is 17.7 Å². The molecule has 0 N–H and O–H groups in total. The standard InChI is InChI=1S/C11H5Cl2F3N4/c1-4-17-9-5-2-7(12)6(11(14,15)16)3-8(5)18-10(13)20(9)19-4/h2-3H,1H3. The minimum atomic E-state index is -4.56. The summed E-state index contributed by atoms with van der Waals surface area (Å²) in [6, 6.07) is 2.03. The Morgan fingerprint density at radius 3 is 2.50 bits per heavy atom. The van der Waals surface area contributed by atoms with Crippen molar-refractivity contribution in [2.45, 2.75) is 13.1 Å². The fourth-order valence-corrected chi connectivity index (χ4v) is 2.40. The summed E-state index contributed by atoms with van der Waals surface area (Å²) in [5.41, 5.74) is -0.587. The van der Waals surface area contributed by atoms with Crippen molar-refractivity contribution in [2.24, 2.45) is 0 Å². The molecule has 0 saturated heterocycles. The van der Waals surface area contributed by atoms with Crippen LogP contribution >= 0.6 is 23.2 Å². The molecule has 0 fully saturated rings. The summed E-state index contributed by atoms with van der Waals surface area (Å²) < 4.78 is 39.7. The Kier molecular flexibility index (Phi) is 2.81. The third-order valence-corrected chi connectivity index (χ3v) is 3.29. The van der Waals surface area contributed by atoms with Gasteiger partial charge in [-0.3, -0.25) is 0 Å². The van der Waals surface area contributed by atoms with Crippen molar-refractivity contribution in [3.8, 4) is 0 Å². The Balaban J connectivity index is 2.45. The van der Waals surface area contributed by atoms with Gasteiger partial charge >= 0.3 is 6.18 Å². The van der Waals surface area contributed by atoms with E-state index in [1.54, 1.807) is 6.92 Å². The Morgan fingerprint density at radius 2 is 1.85 bits per heavy atom. The van der Waals surface area contributed by atoms with Gasteiger partial charge < -0.3 is 0 Å². The summed E-state index contributed by atoms with van der Waals surface area (Å²) in [6.07, 6.45) is -4.56. The molecule has 20 heavy (non-hydrogen) atoms. The number of halogens is 5. The van der Waals surface area contributed by atoms with E-state index in [0.29, 0.717) is 16.9 Å². The fraction of sp³-hybridized carbons (Fsp3) is 0.182. The summed E-state index contributed by atoms with van der Waals surface area (Å²) in [5, 5.41) is 3.88. The third kappa shape index (κ3) is 1.97. The van der Waals surface area contributed by atoms with Crippen molar-refractivity contribution < 1.29 is 13.2 Å². The van der Waals surface area contributed by atoms with Gasteiger partial charge in [0.05, 0.1) is 16.1 Å². The topological polar surface area (TPSA) is 43.1 Å². The zero-order chi connectivity index (χ0) is 14.7. The zero-order valence-electron chi connectivity index (χ0n) is 9.83. The number of rotatable bonds is 0. The van der Waals surface area contributed by atoms with Crippen molar-refractivity contribution in [2.75, 3.05) is 0 Å². The van der Waals surface area contributed by atoms with Crippen LogP contribution < -0.4 is 0 Å². The van der Waals surface area contributed by atoms with Gasteiger partial charge in [0, 0.05) is 5.39 Å². The van der Waals surface area contributed by atoms with E-state index in [1.807, 2.05) is 0 Å². The maximum Gasteiger partial charge on any atom is 0.417 e. The lowest BCUT2D eigenvalue weighted by Crippen LogP contribution is -2.06. The first kappa shape index (κ1) is 13.4. The predicted molar refractivity (Wildman–Crippen MR) is 68.0 cm³/mol. The van der Waals surface area contributed by atoms with E-state index in [2.05, 4.69) is 15.1 Å². The second kappa shape index (κ2) is 4.20. The van der Waals surface area contributed by atoms with Gasteiger partial charge in [-0.05, 0) is 30.7 Å². The molecule has 0 aliphatic carbocycles. The second-order valence-corrected chi connectivity index (χ2v) is 4.87. The first-order chi connectivity index (χ1) is 9.27. The van der Waals surface area contributed by atoms with Gasteiger partial charge in [-0.25, -0.2) is 9.97 Å². The molecule has 1 aromatic carbocycles. The van der Waals surface area contributed by atoms with Crippen LogP contribution in [0.5, 0.6) is 0 Å². The lowest BCUT2D eigenvalue weighted by Gasteiger charge is -2.10. The molecule has 0 aliphatic heterocycles. The van der Waals surface area contributed by atoms with Gasteiger partial charge in [-0.1, -0.05) is 11.6 Å². The van der Waals surface area contributed by atoms with Gasteiger partial charge in [0.15, 0.2) is 5.65 Å². The minimum Gasteiger partial charge on any atom is -0.218 e. The number of fused-ring (bicyclic) bond motifs is 3. The van der Waals surface area contributed by atoms with Gasteiger partial charge in [0.25, 0.3) is 0 Å². The van der Waals surface area contributed by atoms with Gasteiger partial charge in [0.2, 0.25) is 5.28 Å². The van der Waals surface area contributed by atoms with Crippen LogP contribution in [0.4, 0.5) is 13.2 Å². The number of aromatic nitrogens is 4. The molecule has 0 atom stereocenters. The highest BCUT2D eigenvalue weighted by molar-refractivity contribution is 6.32. The fourth-order valence-electron chi connectivity index (χ4n) is 1.92. The van der Waals surface area contributed by atoms with E-state index in [1.165, 1.54) is 10.6 Å². The van der Waals surface area contributed by atoms with E-state index in [0.717, 1.165) is 6.07 Å². The molecule has 104 valence electrons. The zero-order valence-corrected chi connectivity index (χ0v) is 11.3. The first-order valence-corrected chi connectivity index (χ1v) is 6.12. The Hall–Kier alpha value is -1.60. The Bertz CT molecular complexity index is 841. The maximum atomic E-state index is 12.8. The van der Waals surface area contributed by atoms with Crippen molar-refractivity contribution in [1.82, 2.24) is 19.6 Å². The van der Waals surface area contributed by atoms with Crippen LogP contribution in [0.15, 0.2) is 12.1 Å². The summed E-state index contributed by atoms with van der Waals surface area (Å²) in [7, 11) is 0. The molecule has 2 aromatic heterocycles. The molecule has 3 rings (SSSR count). The van der Waals surface area contributed by atoms with Crippen LogP contribution in [0.3, 0.4) is 0 Å². The van der Waals surface area contributed by atoms with E-state index in [4.69, 9.17) is 23.2 Å². The number of nitrogens with zero attached hydrogens (tertiary/aromatic N) is 4. The van der Waals surface area contributed by atoms with Gasteiger partial charge in [0.1, 0.15) is 5.82 Å². The number of hydrogen-bond donors (Lipinski definition) is 0. The van der Waals surface area contributed by atoms with Crippen LogP contribution in [-0.2, 0) is 6.18 Å². The SMILES string of the molecule is Cc1nc2c3cc(Cl)c(C(F)(F)F)cc3nc(Cl)n2n1. The number of hydrogen-bond acceptors (Lipinski definition) is 3. The molecular formula is C11H5Cl2F3N4. The van der Waals surface area contributed by atoms with Crippen molar-refractivity contribution >= 4 is 39.8 Å². The molecule has 3 aromatic rings. The first-order valence-electron chi connectivity index (χ1n) is 5.36. The van der Waals surface area contributed by atoms with Crippen molar-refractivity contribution in [3.05, 3.63) is 33.8 Å². The van der Waals surface area contributed by atoms with Crippen LogP contribution in [0.1, 0.15) is 11.4 Å². The predicted octanol–water partition coefficient (Wildman–Crippen LogP) is 3.91. The van der Waals surface area contributed by atoms with E-state index >= 15 is 0 Å². The highest BCUT2D eigenvalue weighted by Crippen LogP contribution is 2.37. The second-order valence-electron chi connectivity index (χ2n) is 4.12. The Labute approximate surface area is 120 Å². The molecule has 0 spiro atoms. The largest absolute Gasteiger partial charge is 0.417 e. The molecule has 0 aliphatic rings. The molecule has 0 bridgehead atoms.